The van der Waals surface area contributed by atoms with E-state index >= 15 is 0 Å². The molecule has 0 spiro atoms. The summed E-state index contributed by atoms with van der Waals surface area (Å²) in [7, 11) is 0. The van der Waals surface area contributed by atoms with Crippen molar-refractivity contribution >= 4 is 17.6 Å². The molecular formula is C13H15FN2O3. The summed E-state index contributed by atoms with van der Waals surface area (Å²) in [6.45, 7) is 3.08. The van der Waals surface area contributed by atoms with E-state index in [1.807, 2.05) is 0 Å². The SMILES string of the molecule is Cc1c(F)cc(N)c2c1CCC(C)(OC(N)=O)C2=O. The van der Waals surface area contributed by atoms with Crippen molar-refractivity contribution in [1.29, 1.82) is 0 Å². The number of halogens is 1. The summed E-state index contributed by atoms with van der Waals surface area (Å²) in [6, 6.07) is 1.11. The minimum atomic E-state index is -1.34. The van der Waals surface area contributed by atoms with E-state index in [0.717, 1.165) is 6.07 Å². The third-order valence-electron chi connectivity index (χ3n) is 3.57. The topological polar surface area (TPSA) is 95.4 Å². The van der Waals surface area contributed by atoms with Crippen molar-refractivity contribution in [3.8, 4) is 0 Å². The van der Waals surface area contributed by atoms with Crippen LogP contribution in [0.5, 0.6) is 0 Å². The van der Waals surface area contributed by atoms with Gasteiger partial charge in [-0.25, -0.2) is 9.18 Å². The van der Waals surface area contributed by atoms with Crippen molar-refractivity contribution in [2.45, 2.75) is 32.3 Å². The summed E-state index contributed by atoms with van der Waals surface area (Å²) < 4.78 is 18.5. The number of nitrogens with two attached hydrogens (primary N) is 2. The Morgan fingerprint density at radius 2 is 2.16 bits per heavy atom. The molecule has 2 rings (SSSR count). The maximum absolute atomic E-state index is 13.6. The average Bonchev–Trinajstić information content (AvgIpc) is 2.29. The monoisotopic (exact) mass is 266 g/mol. The van der Waals surface area contributed by atoms with Crippen LogP contribution in [0.4, 0.5) is 14.9 Å². The van der Waals surface area contributed by atoms with E-state index in [4.69, 9.17) is 16.2 Å². The number of Topliss-reactive ketones (excluding diaryl/α,β-unsaturated/α-hetero) is 1. The summed E-state index contributed by atoms with van der Waals surface area (Å²) >= 11 is 0. The number of primary amides is 1. The van der Waals surface area contributed by atoms with E-state index in [1.165, 1.54) is 6.92 Å². The first-order chi connectivity index (χ1) is 8.76. The van der Waals surface area contributed by atoms with E-state index in [0.29, 0.717) is 17.5 Å². The van der Waals surface area contributed by atoms with Crippen LogP contribution in [0.15, 0.2) is 6.07 Å². The van der Waals surface area contributed by atoms with Crippen LogP contribution in [-0.2, 0) is 11.2 Å². The molecular weight excluding hydrogens is 251 g/mol. The summed E-state index contributed by atoms with van der Waals surface area (Å²) in [4.78, 5) is 23.3. The van der Waals surface area contributed by atoms with Crippen LogP contribution >= 0.6 is 0 Å². The number of nitrogen functional groups attached to an aromatic ring is 1. The Balaban J connectivity index is 2.56. The van der Waals surface area contributed by atoms with Crippen molar-refractivity contribution in [1.82, 2.24) is 0 Å². The normalized spacial score (nSPS) is 21.9. The number of rotatable bonds is 1. The number of benzene rings is 1. The highest BCUT2D eigenvalue weighted by Gasteiger charge is 2.43. The van der Waals surface area contributed by atoms with E-state index in [9.17, 15) is 14.0 Å². The van der Waals surface area contributed by atoms with Crippen LogP contribution in [0.3, 0.4) is 0 Å². The number of ether oxygens (including phenoxy) is 1. The van der Waals surface area contributed by atoms with Crippen molar-refractivity contribution in [2.75, 3.05) is 5.73 Å². The second-order valence-corrected chi connectivity index (χ2v) is 4.91. The molecule has 0 aromatic heterocycles. The maximum atomic E-state index is 13.6. The number of amides is 1. The van der Waals surface area contributed by atoms with Gasteiger partial charge in [-0.15, -0.1) is 0 Å². The predicted octanol–water partition coefficient (Wildman–Crippen LogP) is 1.70. The fourth-order valence-electron chi connectivity index (χ4n) is 2.46. The minimum absolute atomic E-state index is 0.0575. The van der Waals surface area contributed by atoms with Gasteiger partial charge in [-0.05, 0) is 43.9 Å². The molecule has 0 radical (unpaired) electrons. The molecule has 4 N–H and O–H groups in total. The van der Waals surface area contributed by atoms with E-state index < -0.39 is 23.3 Å². The summed E-state index contributed by atoms with van der Waals surface area (Å²) in [5.41, 5.74) is 10.6. The van der Waals surface area contributed by atoms with Crippen molar-refractivity contribution in [3.05, 3.63) is 28.6 Å². The molecule has 1 aliphatic carbocycles. The zero-order chi connectivity index (χ0) is 14.4. The number of ketones is 1. The third kappa shape index (κ3) is 2.03. The maximum Gasteiger partial charge on any atom is 0.405 e. The number of carbonyl (C=O) groups is 2. The van der Waals surface area contributed by atoms with Crippen LogP contribution in [0.2, 0.25) is 0 Å². The quantitative estimate of drug-likeness (QED) is 0.756. The van der Waals surface area contributed by atoms with Gasteiger partial charge in [-0.2, -0.15) is 0 Å². The van der Waals surface area contributed by atoms with E-state index in [-0.39, 0.29) is 17.7 Å². The van der Waals surface area contributed by atoms with Gasteiger partial charge >= 0.3 is 6.09 Å². The first-order valence-corrected chi connectivity index (χ1v) is 5.87. The number of anilines is 1. The number of hydrogen-bond acceptors (Lipinski definition) is 4. The average molecular weight is 266 g/mol. The number of carbonyl (C=O) groups excluding carboxylic acids is 2. The lowest BCUT2D eigenvalue weighted by Gasteiger charge is -2.33. The molecule has 0 saturated heterocycles. The zero-order valence-corrected chi connectivity index (χ0v) is 10.7. The van der Waals surface area contributed by atoms with Crippen molar-refractivity contribution in [3.63, 3.8) is 0 Å². The van der Waals surface area contributed by atoms with Gasteiger partial charge in [-0.3, -0.25) is 4.79 Å². The Kier molecular flexibility index (Phi) is 2.96. The largest absolute Gasteiger partial charge is 0.435 e. The first kappa shape index (κ1) is 13.3. The number of fused-ring (bicyclic) bond motifs is 1. The Morgan fingerprint density at radius 3 is 2.74 bits per heavy atom. The molecule has 0 fully saturated rings. The standard InChI is InChI=1S/C13H15FN2O3/c1-6-7-3-4-13(2,19-12(16)18)11(17)10(7)9(15)5-8(6)14/h5H,3-4,15H2,1-2H3,(H2,16,18). The molecule has 0 bridgehead atoms. The Labute approximate surface area is 109 Å². The highest BCUT2D eigenvalue weighted by atomic mass is 19.1. The molecule has 1 unspecified atom stereocenters. The van der Waals surface area contributed by atoms with Gasteiger partial charge in [0, 0.05) is 11.3 Å². The van der Waals surface area contributed by atoms with Gasteiger partial charge in [0.1, 0.15) is 5.82 Å². The summed E-state index contributed by atoms with van der Waals surface area (Å²) in [6.07, 6.45) is -0.360. The Hall–Kier alpha value is -2.11. The fraction of sp³-hybridized carbons (Fsp3) is 0.385. The van der Waals surface area contributed by atoms with Crippen LogP contribution in [0.25, 0.3) is 0 Å². The smallest absolute Gasteiger partial charge is 0.405 e. The highest BCUT2D eigenvalue weighted by molar-refractivity contribution is 6.09. The summed E-state index contributed by atoms with van der Waals surface area (Å²) in [5, 5.41) is 0. The molecule has 1 aliphatic rings. The van der Waals surface area contributed by atoms with Crippen molar-refractivity contribution < 1.29 is 18.7 Å². The van der Waals surface area contributed by atoms with Crippen LogP contribution < -0.4 is 11.5 Å². The molecule has 1 aromatic carbocycles. The molecule has 19 heavy (non-hydrogen) atoms. The molecule has 1 amide bonds. The van der Waals surface area contributed by atoms with Gasteiger partial charge in [-0.1, -0.05) is 0 Å². The number of hydrogen-bond donors (Lipinski definition) is 2. The second kappa shape index (κ2) is 4.22. The molecule has 5 nitrogen and oxygen atoms in total. The van der Waals surface area contributed by atoms with E-state index in [2.05, 4.69) is 0 Å². The third-order valence-corrected chi connectivity index (χ3v) is 3.57. The lowest BCUT2D eigenvalue weighted by atomic mass is 9.78. The fourth-order valence-corrected chi connectivity index (χ4v) is 2.46. The molecule has 0 aliphatic heterocycles. The highest BCUT2D eigenvalue weighted by Crippen LogP contribution is 2.36. The lowest BCUT2D eigenvalue weighted by Crippen LogP contribution is -2.45. The Morgan fingerprint density at radius 1 is 1.53 bits per heavy atom. The van der Waals surface area contributed by atoms with Crippen molar-refractivity contribution in [2.24, 2.45) is 5.73 Å². The van der Waals surface area contributed by atoms with Gasteiger partial charge in [0.25, 0.3) is 0 Å². The first-order valence-electron chi connectivity index (χ1n) is 5.87. The van der Waals surface area contributed by atoms with Crippen LogP contribution in [0, 0.1) is 12.7 Å². The zero-order valence-electron chi connectivity index (χ0n) is 10.7. The lowest BCUT2D eigenvalue weighted by molar-refractivity contribution is 0.0209. The molecule has 0 saturated carbocycles. The van der Waals surface area contributed by atoms with Gasteiger partial charge in [0.05, 0.1) is 0 Å². The Bertz CT molecular complexity index is 586. The van der Waals surface area contributed by atoms with Gasteiger partial charge in [0.2, 0.25) is 5.78 Å². The summed E-state index contributed by atoms with van der Waals surface area (Å²) in [5.74, 6) is -0.878. The molecule has 1 aromatic rings. The van der Waals surface area contributed by atoms with Crippen LogP contribution in [-0.4, -0.2) is 17.5 Å². The molecule has 1 atom stereocenters. The second-order valence-electron chi connectivity index (χ2n) is 4.91. The van der Waals surface area contributed by atoms with Crippen LogP contribution in [0.1, 0.15) is 34.8 Å². The van der Waals surface area contributed by atoms with Gasteiger partial charge in [0.15, 0.2) is 5.60 Å². The minimum Gasteiger partial charge on any atom is -0.435 e. The molecule has 6 heteroatoms. The molecule has 102 valence electrons. The van der Waals surface area contributed by atoms with E-state index in [1.54, 1.807) is 6.92 Å². The van der Waals surface area contributed by atoms with Gasteiger partial charge < -0.3 is 16.2 Å². The molecule has 0 heterocycles. The predicted molar refractivity (Wildman–Crippen MR) is 67.3 cm³/mol.